The molecule has 4 heteroatoms. The highest BCUT2D eigenvalue weighted by Crippen LogP contribution is 2.21. The second-order valence-electron chi connectivity index (χ2n) is 3.07. The summed E-state index contributed by atoms with van der Waals surface area (Å²) in [5.74, 6) is 0. The van der Waals surface area contributed by atoms with Crippen molar-refractivity contribution in [3.05, 3.63) is 36.7 Å². The van der Waals surface area contributed by atoms with E-state index in [2.05, 4.69) is 19.9 Å². The maximum atomic E-state index is 4.55. The minimum Gasteiger partial charge on any atom is -0.361 e. The Labute approximate surface area is 79.5 Å². The lowest BCUT2D eigenvalue weighted by molar-refractivity contribution is 0.308. The van der Waals surface area contributed by atoms with Crippen molar-refractivity contribution in [1.82, 2.24) is 15.3 Å². The van der Waals surface area contributed by atoms with Gasteiger partial charge in [0.25, 0.3) is 0 Å². The van der Waals surface area contributed by atoms with Crippen LogP contribution in [0.15, 0.2) is 41.3 Å². The van der Waals surface area contributed by atoms with Gasteiger partial charge in [-0.1, -0.05) is 11.2 Å². The van der Waals surface area contributed by atoms with Crippen LogP contribution in [-0.4, -0.2) is 15.3 Å². The molecule has 0 atom stereocenters. The van der Waals surface area contributed by atoms with Gasteiger partial charge in [-0.3, -0.25) is 0 Å². The van der Waals surface area contributed by atoms with Gasteiger partial charge in [0.2, 0.25) is 0 Å². The molecule has 4 nitrogen and oxygen atoms in total. The summed E-state index contributed by atoms with van der Waals surface area (Å²) in [6, 6.07) is 8.06. The Morgan fingerprint density at radius 3 is 3.07 bits per heavy atom. The average molecular weight is 185 g/mol. The van der Waals surface area contributed by atoms with Crippen molar-refractivity contribution in [1.29, 1.82) is 0 Å². The molecule has 0 spiro atoms. The standard InChI is InChI=1S/C10H7N3O/c1-2-9-8(3-4-11-9)5-7(1)10-6-12-14-13-10/h1-6,11H. The molecule has 0 unspecified atom stereocenters. The Morgan fingerprint density at radius 1 is 1.21 bits per heavy atom. The molecule has 2 heterocycles. The maximum Gasteiger partial charge on any atom is 0.135 e. The van der Waals surface area contributed by atoms with Gasteiger partial charge in [0.05, 0.1) is 6.20 Å². The summed E-state index contributed by atoms with van der Waals surface area (Å²) in [7, 11) is 0. The topological polar surface area (TPSA) is 54.7 Å². The van der Waals surface area contributed by atoms with Crippen LogP contribution in [0.25, 0.3) is 22.2 Å². The largest absolute Gasteiger partial charge is 0.361 e. The van der Waals surface area contributed by atoms with Gasteiger partial charge < -0.3 is 4.98 Å². The van der Waals surface area contributed by atoms with Crippen molar-refractivity contribution in [2.75, 3.05) is 0 Å². The third kappa shape index (κ3) is 1.01. The Morgan fingerprint density at radius 2 is 2.21 bits per heavy atom. The number of nitrogens with zero attached hydrogens (tertiary/aromatic N) is 2. The van der Waals surface area contributed by atoms with Crippen LogP contribution in [0.4, 0.5) is 0 Å². The van der Waals surface area contributed by atoms with Gasteiger partial charge >= 0.3 is 0 Å². The van der Waals surface area contributed by atoms with Gasteiger partial charge in [-0.2, -0.15) is 0 Å². The number of benzene rings is 1. The number of aromatic amines is 1. The lowest BCUT2D eigenvalue weighted by Gasteiger charge is -1.94. The van der Waals surface area contributed by atoms with E-state index in [0.717, 1.165) is 22.2 Å². The molecule has 0 radical (unpaired) electrons. The Balaban J connectivity index is 2.23. The number of rotatable bonds is 1. The van der Waals surface area contributed by atoms with Crippen LogP contribution in [-0.2, 0) is 0 Å². The van der Waals surface area contributed by atoms with E-state index < -0.39 is 0 Å². The predicted octanol–water partition coefficient (Wildman–Crippen LogP) is 2.22. The summed E-state index contributed by atoms with van der Waals surface area (Å²) in [6.45, 7) is 0. The molecule has 14 heavy (non-hydrogen) atoms. The van der Waals surface area contributed by atoms with Gasteiger partial charge in [0.15, 0.2) is 0 Å². The molecule has 68 valence electrons. The minimum atomic E-state index is 0.758. The van der Waals surface area contributed by atoms with Gasteiger partial charge in [-0.05, 0) is 23.4 Å². The summed E-state index contributed by atoms with van der Waals surface area (Å²) >= 11 is 0. The SMILES string of the molecule is c1cc2cc(-c3cnon3)ccc2[nH]1. The summed E-state index contributed by atoms with van der Waals surface area (Å²) in [4.78, 5) is 3.13. The molecule has 0 fully saturated rings. The van der Waals surface area contributed by atoms with Crippen LogP contribution < -0.4 is 0 Å². The molecule has 0 saturated carbocycles. The zero-order valence-electron chi connectivity index (χ0n) is 7.27. The number of H-pyrrole nitrogens is 1. The van der Waals surface area contributed by atoms with Crippen molar-refractivity contribution in [2.45, 2.75) is 0 Å². The first-order valence-corrected chi connectivity index (χ1v) is 4.28. The van der Waals surface area contributed by atoms with Crippen LogP contribution >= 0.6 is 0 Å². The zero-order valence-corrected chi connectivity index (χ0v) is 7.27. The third-order valence-corrected chi connectivity index (χ3v) is 2.21. The van der Waals surface area contributed by atoms with Crippen molar-refractivity contribution >= 4 is 10.9 Å². The van der Waals surface area contributed by atoms with E-state index >= 15 is 0 Å². The highest BCUT2D eigenvalue weighted by Gasteiger charge is 2.03. The maximum absolute atomic E-state index is 4.55. The lowest BCUT2D eigenvalue weighted by Crippen LogP contribution is -1.76. The fourth-order valence-electron chi connectivity index (χ4n) is 1.50. The van der Waals surface area contributed by atoms with Gasteiger partial charge in [0, 0.05) is 22.7 Å². The van der Waals surface area contributed by atoms with E-state index in [4.69, 9.17) is 0 Å². The number of nitrogens with one attached hydrogen (secondary N) is 1. The fourth-order valence-corrected chi connectivity index (χ4v) is 1.50. The summed E-state index contributed by atoms with van der Waals surface area (Å²) < 4.78 is 4.55. The first-order valence-electron chi connectivity index (χ1n) is 4.28. The molecule has 0 aliphatic rings. The highest BCUT2D eigenvalue weighted by molar-refractivity contribution is 5.84. The molecule has 0 aliphatic carbocycles. The van der Waals surface area contributed by atoms with Gasteiger partial charge in [0.1, 0.15) is 5.69 Å². The fraction of sp³-hybridized carbons (Fsp3) is 0. The van der Waals surface area contributed by atoms with Crippen molar-refractivity contribution in [3.63, 3.8) is 0 Å². The Bertz CT molecular complexity index is 554. The molecule has 0 amide bonds. The first kappa shape index (κ1) is 7.32. The van der Waals surface area contributed by atoms with Crippen LogP contribution in [0.1, 0.15) is 0 Å². The highest BCUT2D eigenvalue weighted by atomic mass is 16.6. The Kier molecular flexibility index (Phi) is 1.41. The third-order valence-electron chi connectivity index (χ3n) is 2.21. The van der Waals surface area contributed by atoms with Crippen LogP contribution in [0.2, 0.25) is 0 Å². The minimum absolute atomic E-state index is 0.758. The Hall–Kier alpha value is -2.10. The molecule has 0 bridgehead atoms. The molecular formula is C10H7N3O. The van der Waals surface area contributed by atoms with Crippen molar-refractivity contribution in [2.24, 2.45) is 0 Å². The van der Waals surface area contributed by atoms with E-state index in [-0.39, 0.29) is 0 Å². The summed E-state index contributed by atoms with van der Waals surface area (Å²) in [6.07, 6.45) is 3.52. The molecule has 1 aromatic carbocycles. The van der Waals surface area contributed by atoms with Crippen molar-refractivity contribution < 1.29 is 4.63 Å². The molecule has 0 aliphatic heterocycles. The van der Waals surface area contributed by atoms with Crippen molar-refractivity contribution in [3.8, 4) is 11.3 Å². The van der Waals surface area contributed by atoms with Gasteiger partial charge in [-0.25, -0.2) is 4.63 Å². The molecule has 0 saturated heterocycles. The number of aromatic nitrogens is 3. The van der Waals surface area contributed by atoms with E-state index in [1.807, 2.05) is 30.5 Å². The molecule has 2 aromatic heterocycles. The number of fused-ring (bicyclic) bond motifs is 1. The average Bonchev–Trinajstić information content (AvgIpc) is 2.88. The second-order valence-corrected chi connectivity index (χ2v) is 3.07. The quantitative estimate of drug-likeness (QED) is 0.632. The van der Waals surface area contributed by atoms with E-state index in [1.165, 1.54) is 0 Å². The van der Waals surface area contributed by atoms with Crippen LogP contribution in [0.3, 0.4) is 0 Å². The van der Waals surface area contributed by atoms with E-state index in [1.54, 1.807) is 6.20 Å². The normalized spacial score (nSPS) is 10.9. The zero-order chi connectivity index (χ0) is 9.38. The van der Waals surface area contributed by atoms with Crippen LogP contribution in [0.5, 0.6) is 0 Å². The molecular weight excluding hydrogens is 178 g/mol. The van der Waals surface area contributed by atoms with Crippen LogP contribution in [0, 0.1) is 0 Å². The number of hydrogen-bond donors (Lipinski definition) is 1. The van der Waals surface area contributed by atoms with E-state index in [0.29, 0.717) is 0 Å². The summed E-state index contributed by atoms with van der Waals surface area (Å²) in [5.41, 5.74) is 2.89. The van der Waals surface area contributed by atoms with E-state index in [9.17, 15) is 0 Å². The molecule has 3 aromatic rings. The van der Waals surface area contributed by atoms with Gasteiger partial charge in [-0.15, -0.1) is 0 Å². The molecule has 1 N–H and O–H groups in total. The molecule has 3 rings (SSSR count). The summed E-state index contributed by atoms with van der Waals surface area (Å²) in [5, 5.41) is 8.51. The smallest absolute Gasteiger partial charge is 0.135 e. The second kappa shape index (κ2) is 2.70. The predicted molar refractivity (Wildman–Crippen MR) is 51.6 cm³/mol. The first-order chi connectivity index (χ1) is 6.93. The number of hydrogen-bond acceptors (Lipinski definition) is 3. The monoisotopic (exact) mass is 185 g/mol. The lowest BCUT2D eigenvalue weighted by atomic mass is 10.1.